The van der Waals surface area contributed by atoms with Gasteiger partial charge in [0, 0.05) is 13.2 Å². The first-order chi connectivity index (χ1) is 13.5. The Bertz CT molecular complexity index is 1080. The first-order valence-electron chi connectivity index (χ1n) is 9.42. The largest absolute Gasteiger partial charge is 0.376 e. The minimum Gasteiger partial charge on any atom is -0.376 e. The Hall–Kier alpha value is -3.00. The van der Waals surface area contributed by atoms with Gasteiger partial charge in [-0.1, -0.05) is 17.7 Å². The van der Waals surface area contributed by atoms with Gasteiger partial charge < -0.3 is 10.1 Å². The van der Waals surface area contributed by atoms with Crippen LogP contribution in [0.2, 0.25) is 0 Å². The minimum atomic E-state index is -0.284. The number of carbonyl (C=O) groups is 1. The fourth-order valence-corrected chi connectivity index (χ4v) is 3.52. The zero-order valence-corrected chi connectivity index (χ0v) is 16.0. The van der Waals surface area contributed by atoms with E-state index in [-0.39, 0.29) is 24.1 Å². The van der Waals surface area contributed by atoms with Gasteiger partial charge in [0.2, 0.25) is 5.91 Å². The Kier molecular flexibility index (Phi) is 4.95. The lowest BCUT2D eigenvalue weighted by molar-refractivity contribution is -0.122. The minimum absolute atomic E-state index is 0.0669. The fraction of sp³-hybridized carbons (Fsp3) is 0.400. The van der Waals surface area contributed by atoms with Crippen molar-refractivity contribution in [3.05, 3.63) is 52.2 Å². The molecule has 0 bridgehead atoms. The van der Waals surface area contributed by atoms with E-state index < -0.39 is 0 Å². The molecule has 28 heavy (non-hydrogen) atoms. The molecule has 1 saturated heterocycles. The molecule has 1 aliphatic rings. The molecule has 1 fully saturated rings. The number of carbonyl (C=O) groups excluding carboxylic acids is 1. The van der Waals surface area contributed by atoms with Crippen LogP contribution < -0.4 is 10.9 Å². The van der Waals surface area contributed by atoms with E-state index >= 15 is 0 Å². The molecule has 1 N–H and O–H groups in total. The highest BCUT2D eigenvalue weighted by Crippen LogP contribution is 2.18. The molecule has 3 heterocycles. The number of aromatic nitrogens is 4. The molecule has 1 amide bonds. The SMILES string of the molecule is Cc1ccc(-n2ncc3c(=O)n(CC(=O)NC[C@H]4CCCO4)cnc32)c(C)c1. The van der Waals surface area contributed by atoms with Crippen LogP contribution >= 0.6 is 0 Å². The van der Waals surface area contributed by atoms with Gasteiger partial charge in [0.05, 0.1) is 18.0 Å². The van der Waals surface area contributed by atoms with E-state index in [2.05, 4.69) is 21.5 Å². The van der Waals surface area contributed by atoms with Gasteiger partial charge in [0.25, 0.3) is 5.56 Å². The summed E-state index contributed by atoms with van der Waals surface area (Å²) in [6.45, 7) is 5.15. The lowest BCUT2D eigenvalue weighted by Gasteiger charge is -2.11. The third-order valence-electron chi connectivity index (χ3n) is 5.00. The highest BCUT2D eigenvalue weighted by molar-refractivity contribution is 5.78. The Balaban J connectivity index is 1.56. The highest BCUT2D eigenvalue weighted by atomic mass is 16.5. The molecule has 1 atom stereocenters. The molecule has 146 valence electrons. The number of rotatable bonds is 5. The summed E-state index contributed by atoms with van der Waals surface area (Å²) in [6, 6.07) is 6.01. The van der Waals surface area contributed by atoms with Crippen LogP contribution in [0.5, 0.6) is 0 Å². The second kappa shape index (κ2) is 7.55. The van der Waals surface area contributed by atoms with Crippen LogP contribution in [0.15, 0.2) is 35.5 Å². The summed E-state index contributed by atoms with van der Waals surface area (Å²) >= 11 is 0. The summed E-state index contributed by atoms with van der Waals surface area (Å²) in [6.07, 6.45) is 4.94. The highest BCUT2D eigenvalue weighted by Gasteiger charge is 2.17. The smallest absolute Gasteiger partial charge is 0.264 e. The van der Waals surface area contributed by atoms with E-state index in [0.717, 1.165) is 36.3 Å². The third kappa shape index (κ3) is 3.55. The lowest BCUT2D eigenvalue weighted by Crippen LogP contribution is -2.36. The normalized spacial score (nSPS) is 16.6. The maximum atomic E-state index is 12.8. The zero-order chi connectivity index (χ0) is 19.7. The van der Waals surface area contributed by atoms with Crippen LogP contribution in [0.25, 0.3) is 16.7 Å². The molecular formula is C20H23N5O3. The monoisotopic (exact) mass is 381 g/mol. The number of hydrogen-bond acceptors (Lipinski definition) is 5. The number of aryl methyl sites for hydroxylation is 2. The Morgan fingerprint density at radius 1 is 1.36 bits per heavy atom. The molecule has 3 aromatic rings. The molecule has 1 aliphatic heterocycles. The van der Waals surface area contributed by atoms with Gasteiger partial charge in [0.1, 0.15) is 18.3 Å². The van der Waals surface area contributed by atoms with Crippen LogP contribution in [0.3, 0.4) is 0 Å². The average molecular weight is 381 g/mol. The molecule has 0 unspecified atom stereocenters. The van der Waals surface area contributed by atoms with E-state index in [1.807, 2.05) is 26.0 Å². The summed E-state index contributed by atoms with van der Waals surface area (Å²) < 4.78 is 8.46. The summed E-state index contributed by atoms with van der Waals surface area (Å²) in [5.41, 5.74) is 3.27. The quantitative estimate of drug-likeness (QED) is 0.723. The fourth-order valence-electron chi connectivity index (χ4n) is 3.52. The molecule has 2 aromatic heterocycles. The summed E-state index contributed by atoms with van der Waals surface area (Å²) in [4.78, 5) is 29.4. The van der Waals surface area contributed by atoms with Crippen molar-refractivity contribution in [2.45, 2.75) is 39.3 Å². The first-order valence-corrected chi connectivity index (χ1v) is 9.42. The molecule has 0 radical (unpaired) electrons. The number of fused-ring (bicyclic) bond motifs is 1. The van der Waals surface area contributed by atoms with Crippen molar-refractivity contribution in [1.29, 1.82) is 0 Å². The topological polar surface area (TPSA) is 91.0 Å². The van der Waals surface area contributed by atoms with Gasteiger partial charge in [-0.2, -0.15) is 5.10 Å². The van der Waals surface area contributed by atoms with E-state index in [9.17, 15) is 9.59 Å². The number of hydrogen-bond donors (Lipinski definition) is 1. The molecule has 0 spiro atoms. The van der Waals surface area contributed by atoms with Crippen LogP contribution in [0.1, 0.15) is 24.0 Å². The molecule has 0 aliphatic carbocycles. The van der Waals surface area contributed by atoms with Gasteiger partial charge in [0.15, 0.2) is 5.65 Å². The Morgan fingerprint density at radius 2 is 2.21 bits per heavy atom. The van der Waals surface area contributed by atoms with Crippen molar-refractivity contribution in [1.82, 2.24) is 24.6 Å². The lowest BCUT2D eigenvalue weighted by atomic mass is 10.1. The number of ether oxygens (including phenoxy) is 1. The summed E-state index contributed by atoms with van der Waals surface area (Å²) in [7, 11) is 0. The average Bonchev–Trinajstić information content (AvgIpc) is 3.32. The van der Waals surface area contributed by atoms with Crippen LogP contribution in [-0.2, 0) is 16.1 Å². The second-order valence-corrected chi connectivity index (χ2v) is 7.20. The Labute approximate surface area is 162 Å². The second-order valence-electron chi connectivity index (χ2n) is 7.20. The molecular weight excluding hydrogens is 358 g/mol. The maximum absolute atomic E-state index is 12.8. The van der Waals surface area contributed by atoms with Gasteiger partial charge >= 0.3 is 0 Å². The molecule has 8 heteroatoms. The number of nitrogens with one attached hydrogen (secondary N) is 1. The van der Waals surface area contributed by atoms with Crippen molar-refractivity contribution in [2.75, 3.05) is 13.2 Å². The van der Waals surface area contributed by atoms with Crippen molar-refractivity contribution < 1.29 is 9.53 Å². The van der Waals surface area contributed by atoms with Crippen molar-refractivity contribution >= 4 is 16.9 Å². The van der Waals surface area contributed by atoms with Gasteiger partial charge in [-0.3, -0.25) is 14.2 Å². The summed E-state index contributed by atoms with van der Waals surface area (Å²) in [5, 5.41) is 7.55. The van der Waals surface area contributed by atoms with E-state index in [4.69, 9.17) is 4.74 Å². The number of nitrogens with zero attached hydrogens (tertiary/aromatic N) is 4. The Morgan fingerprint density at radius 3 is 2.96 bits per heavy atom. The van der Waals surface area contributed by atoms with Crippen LogP contribution in [0.4, 0.5) is 0 Å². The summed E-state index contributed by atoms with van der Waals surface area (Å²) in [5.74, 6) is -0.236. The van der Waals surface area contributed by atoms with Gasteiger partial charge in [-0.15, -0.1) is 0 Å². The molecule has 8 nitrogen and oxygen atoms in total. The zero-order valence-electron chi connectivity index (χ0n) is 16.0. The third-order valence-corrected chi connectivity index (χ3v) is 5.00. The van der Waals surface area contributed by atoms with Gasteiger partial charge in [-0.05, 0) is 38.3 Å². The molecule has 1 aromatic carbocycles. The van der Waals surface area contributed by atoms with Gasteiger partial charge in [-0.25, -0.2) is 9.67 Å². The maximum Gasteiger partial charge on any atom is 0.264 e. The van der Waals surface area contributed by atoms with Crippen LogP contribution in [-0.4, -0.2) is 44.5 Å². The standard InChI is InChI=1S/C20H23N5O3/c1-13-5-6-17(14(2)8-13)25-19-16(10-23-25)20(27)24(12-22-19)11-18(26)21-9-15-4-3-7-28-15/h5-6,8,10,12,15H,3-4,7,9,11H2,1-2H3,(H,21,26)/t15-/m1/s1. The van der Waals surface area contributed by atoms with Crippen molar-refractivity contribution in [2.24, 2.45) is 0 Å². The molecule has 0 saturated carbocycles. The van der Waals surface area contributed by atoms with E-state index in [1.165, 1.54) is 17.1 Å². The predicted molar refractivity (Wildman–Crippen MR) is 105 cm³/mol. The number of benzene rings is 1. The number of amides is 1. The van der Waals surface area contributed by atoms with Crippen LogP contribution in [0, 0.1) is 13.8 Å². The predicted octanol–water partition coefficient (Wildman–Crippen LogP) is 1.49. The van der Waals surface area contributed by atoms with Crippen molar-refractivity contribution in [3.63, 3.8) is 0 Å². The molecule has 4 rings (SSSR count). The van der Waals surface area contributed by atoms with E-state index in [1.54, 1.807) is 4.68 Å². The first kappa shape index (κ1) is 18.4. The van der Waals surface area contributed by atoms with Crippen molar-refractivity contribution in [3.8, 4) is 5.69 Å². The van der Waals surface area contributed by atoms with E-state index in [0.29, 0.717) is 17.6 Å².